The molecule has 0 amide bonds. The van der Waals surface area contributed by atoms with Gasteiger partial charge in [0.15, 0.2) is 9.84 Å². The fourth-order valence-corrected chi connectivity index (χ4v) is 7.38. The smallest absolute Gasteiger partial charge is 0.229 e. The van der Waals surface area contributed by atoms with E-state index in [2.05, 4.69) is 31.9 Å². The third-order valence-electron chi connectivity index (χ3n) is 3.41. The summed E-state index contributed by atoms with van der Waals surface area (Å²) in [4.78, 5) is 0.142. The number of sulfonamides is 1. The number of benzene rings is 1. The van der Waals surface area contributed by atoms with Gasteiger partial charge in [0.05, 0.1) is 16.4 Å². The Morgan fingerprint density at radius 1 is 1.33 bits per heavy atom. The second-order valence-corrected chi connectivity index (χ2v) is 10.7. The Hall–Kier alpha value is 0.0400. The van der Waals surface area contributed by atoms with Gasteiger partial charge in [0.2, 0.25) is 10.0 Å². The molecule has 0 unspecified atom stereocenters. The molecule has 0 saturated carbocycles. The van der Waals surface area contributed by atoms with Crippen LogP contribution >= 0.6 is 31.9 Å². The van der Waals surface area contributed by atoms with E-state index in [1.165, 1.54) is 10.4 Å². The fourth-order valence-electron chi connectivity index (χ4n) is 2.43. The molecule has 21 heavy (non-hydrogen) atoms. The van der Waals surface area contributed by atoms with Crippen molar-refractivity contribution in [3.05, 3.63) is 27.1 Å². The molecule has 1 aromatic carbocycles. The zero-order valence-corrected chi connectivity index (χ0v) is 16.1. The number of rotatable bonds is 4. The molecule has 0 bridgehead atoms. The van der Waals surface area contributed by atoms with Crippen molar-refractivity contribution in [1.82, 2.24) is 4.31 Å². The first kappa shape index (κ1) is 17.4. The topological polar surface area (TPSA) is 71.5 Å². The van der Waals surface area contributed by atoms with E-state index in [0.717, 1.165) is 0 Å². The van der Waals surface area contributed by atoms with Crippen molar-refractivity contribution in [2.75, 3.05) is 18.1 Å². The molecule has 1 aromatic rings. The van der Waals surface area contributed by atoms with Crippen LogP contribution in [-0.4, -0.2) is 45.2 Å². The van der Waals surface area contributed by atoms with Gasteiger partial charge in [-0.1, -0.05) is 22.9 Å². The van der Waals surface area contributed by atoms with E-state index < -0.39 is 25.9 Å². The monoisotopic (exact) mass is 459 g/mol. The van der Waals surface area contributed by atoms with Gasteiger partial charge < -0.3 is 0 Å². The molecule has 118 valence electrons. The third kappa shape index (κ3) is 3.69. The zero-order chi connectivity index (χ0) is 15.8. The number of nitrogens with zero attached hydrogens (tertiary/aromatic N) is 1. The first-order chi connectivity index (χ1) is 9.67. The van der Waals surface area contributed by atoms with Crippen LogP contribution in [-0.2, 0) is 19.9 Å². The Morgan fingerprint density at radius 3 is 2.52 bits per heavy atom. The Morgan fingerprint density at radius 2 is 2.00 bits per heavy atom. The predicted octanol–water partition coefficient (Wildman–Crippen LogP) is 2.41. The van der Waals surface area contributed by atoms with Crippen molar-refractivity contribution in [3.63, 3.8) is 0 Å². The number of halogens is 2. The molecule has 0 aliphatic carbocycles. The molecule has 1 heterocycles. The molecule has 0 N–H and O–H groups in total. The summed E-state index contributed by atoms with van der Waals surface area (Å²) in [7, 11) is -6.88. The highest BCUT2D eigenvalue weighted by Crippen LogP contribution is 2.31. The van der Waals surface area contributed by atoms with Crippen LogP contribution in [0.5, 0.6) is 0 Å². The van der Waals surface area contributed by atoms with Gasteiger partial charge in [-0.15, -0.1) is 0 Å². The molecule has 1 aliphatic rings. The van der Waals surface area contributed by atoms with E-state index >= 15 is 0 Å². The van der Waals surface area contributed by atoms with Crippen molar-refractivity contribution < 1.29 is 16.8 Å². The lowest BCUT2D eigenvalue weighted by molar-refractivity contribution is 0.354. The van der Waals surface area contributed by atoms with E-state index in [4.69, 9.17) is 0 Å². The lowest BCUT2D eigenvalue weighted by atomic mass is 10.3. The maximum Gasteiger partial charge on any atom is 0.244 e. The average Bonchev–Trinajstić information content (AvgIpc) is 2.73. The maximum atomic E-state index is 12.8. The second kappa shape index (κ2) is 6.27. The van der Waals surface area contributed by atoms with E-state index in [1.54, 1.807) is 19.1 Å². The number of hydrogen-bond acceptors (Lipinski definition) is 4. The van der Waals surface area contributed by atoms with Crippen LogP contribution in [0.25, 0.3) is 0 Å². The summed E-state index contributed by atoms with van der Waals surface area (Å²) in [5, 5.41) is 0. The van der Waals surface area contributed by atoms with Gasteiger partial charge in [-0.05, 0) is 40.5 Å². The molecular weight excluding hydrogens is 446 g/mol. The average molecular weight is 461 g/mol. The number of hydrogen-bond donors (Lipinski definition) is 0. The highest BCUT2D eigenvalue weighted by molar-refractivity contribution is 9.11. The summed E-state index contributed by atoms with van der Waals surface area (Å²) < 4.78 is 51.2. The van der Waals surface area contributed by atoms with Gasteiger partial charge >= 0.3 is 0 Å². The SMILES string of the molecule is CCN([C@H]1CCS(=O)(=O)C1)S(=O)(=O)c1cc(Br)ccc1Br. The lowest BCUT2D eigenvalue weighted by Crippen LogP contribution is -2.41. The van der Waals surface area contributed by atoms with Gasteiger partial charge in [-0.25, -0.2) is 16.8 Å². The molecule has 9 heteroatoms. The highest BCUT2D eigenvalue weighted by atomic mass is 79.9. The maximum absolute atomic E-state index is 12.8. The van der Waals surface area contributed by atoms with Crippen LogP contribution in [0.15, 0.2) is 32.0 Å². The standard InChI is InChI=1S/C12H15Br2NO4S2/c1-2-15(10-5-6-20(16,17)8-10)21(18,19)12-7-9(13)3-4-11(12)14/h3-4,7,10H,2,5-6,8H2,1H3/t10-/m0/s1. The van der Waals surface area contributed by atoms with Crippen molar-refractivity contribution in [3.8, 4) is 0 Å². The predicted molar refractivity (Wildman–Crippen MR) is 88.5 cm³/mol. The summed E-state index contributed by atoms with van der Waals surface area (Å²) >= 11 is 6.51. The van der Waals surface area contributed by atoms with Crippen LogP contribution in [0, 0.1) is 0 Å². The largest absolute Gasteiger partial charge is 0.244 e. The van der Waals surface area contributed by atoms with E-state index in [9.17, 15) is 16.8 Å². The number of sulfone groups is 1. The van der Waals surface area contributed by atoms with Gasteiger partial charge in [0.25, 0.3) is 0 Å². The molecule has 0 aromatic heterocycles. The summed E-state index contributed by atoms with van der Waals surface area (Å²) in [5.41, 5.74) is 0. The van der Waals surface area contributed by atoms with Gasteiger partial charge in [-0.2, -0.15) is 4.31 Å². The van der Waals surface area contributed by atoms with E-state index in [-0.39, 0.29) is 22.9 Å². The first-order valence-electron chi connectivity index (χ1n) is 6.34. The highest BCUT2D eigenvalue weighted by Gasteiger charge is 2.38. The zero-order valence-electron chi connectivity index (χ0n) is 11.3. The first-order valence-corrected chi connectivity index (χ1v) is 11.2. The van der Waals surface area contributed by atoms with Crippen LogP contribution in [0.4, 0.5) is 0 Å². The second-order valence-electron chi connectivity index (χ2n) is 4.84. The quantitative estimate of drug-likeness (QED) is 0.691. The molecule has 1 saturated heterocycles. The lowest BCUT2D eigenvalue weighted by Gasteiger charge is -2.26. The van der Waals surface area contributed by atoms with Crippen LogP contribution in [0.1, 0.15) is 13.3 Å². The summed E-state index contributed by atoms with van der Waals surface area (Å²) in [6, 6.07) is 4.41. The van der Waals surface area contributed by atoms with Crippen molar-refractivity contribution in [2.45, 2.75) is 24.3 Å². The molecule has 0 radical (unpaired) electrons. The molecule has 1 aliphatic heterocycles. The van der Waals surface area contributed by atoms with E-state index in [0.29, 0.717) is 15.4 Å². The molecular formula is C12H15Br2NO4S2. The van der Waals surface area contributed by atoms with Crippen LogP contribution in [0.3, 0.4) is 0 Å². The Balaban J connectivity index is 2.43. The van der Waals surface area contributed by atoms with Crippen molar-refractivity contribution in [2.24, 2.45) is 0 Å². The Bertz CT molecular complexity index is 747. The van der Waals surface area contributed by atoms with Gasteiger partial charge in [0, 0.05) is 21.5 Å². The normalized spacial score (nSPS) is 21.8. The minimum Gasteiger partial charge on any atom is -0.229 e. The molecule has 0 spiro atoms. The van der Waals surface area contributed by atoms with Crippen LogP contribution in [0.2, 0.25) is 0 Å². The molecule has 1 fully saturated rings. The minimum atomic E-state index is -3.75. The fraction of sp³-hybridized carbons (Fsp3) is 0.500. The van der Waals surface area contributed by atoms with Crippen molar-refractivity contribution >= 4 is 51.7 Å². The molecule has 1 atom stereocenters. The summed E-state index contributed by atoms with van der Waals surface area (Å²) in [6.45, 7) is 1.95. The summed E-state index contributed by atoms with van der Waals surface area (Å²) in [6.07, 6.45) is 0.348. The third-order valence-corrected chi connectivity index (χ3v) is 8.67. The van der Waals surface area contributed by atoms with Crippen molar-refractivity contribution in [1.29, 1.82) is 0 Å². The minimum absolute atomic E-state index is 0.0450. The van der Waals surface area contributed by atoms with Gasteiger partial charge in [-0.3, -0.25) is 0 Å². The Kier molecular flexibility index (Phi) is 5.19. The molecule has 2 rings (SSSR count). The van der Waals surface area contributed by atoms with Gasteiger partial charge in [0.1, 0.15) is 0 Å². The van der Waals surface area contributed by atoms with E-state index in [1.807, 2.05) is 0 Å². The van der Waals surface area contributed by atoms with Crippen LogP contribution < -0.4 is 0 Å². The Labute approximate surface area is 141 Å². The molecule has 5 nitrogen and oxygen atoms in total. The summed E-state index contributed by atoms with van der Waals surface area (Å²) in [5.74, 6) is -0.0605.